The number of ether oxygens (including phenoxy) is 1. The number of hydrogen-bond acceptors (Lipinski definition) is 5. The Morgan fingerprint density at radius 3 is 2.81 bits per heavy atom. The van der Waals surface area contributed by atoms with E-state index in [4.69, 9.17) is 4.74 Å². The predicted octanol–water partition coefficient (Wildman–Crippen LogP) is 0.207. The first kappa shape index (κ1) is 12.5. The molecule has 16 heavy (non-hydrogen) atoms. The van der Waals surface area contributed by atoms with Gasteiger partial charge in [-0.25, -0.2) is 4.98 Å². The number of anilines is 1. The van der Waals surface area contributed by atoms with Crippen LogP contribution in [-0.4, -0.2) is 34.8 Å². The molecule has 0 aliphatic heterocycles. The molecular formula is C10H17N3O3. The molecule has 6 nitrogen and oxygen atoms in total. The molecule has 0 radical (unpaired) electrons. The zero-order chi connectivity index (χ0) is 12.1. The van der Waals surface area contributed by atoms with E-state index in [0.29, 0.717) is 5.82 Å². The third-order valence-corrected chi connectivity index (χ3v) is 2.34. The third kappa shape index (κ3) is 2.73. The molecule has 0 saturated carbocycles. The first-order valence-electron chi connectivity index (χ1n) is 5.09. The second-order valence-electron chi connectivity index (χ2n) is 3.79. The number of H-pyrrole nitrogens is 1. The summed E-state index contributed by atoms with van der Waals surface area (Å²) in [7, 11) is 1.40. The van der Waals surface area contributed by atoms with E-state index in [9.17, 15) is 9.90 Å². The van der Waals surface area contributed by atoms with Gasteiger partial charge in [-0.15, -0.1) is 0 Å². The van der Waals surface area contributed by atoms with Crippen LogP contribution >= 0.6 is 0 Å². The van der Waals surface area contributed by atoms with Crippen LogP contribution in [0.4, 0.5) is 5.82 Å². The lowest BCUT2D eigenvalue weighted by molar-refractivity contribution is 0.248. The molecule has 3 N–H and O–H groups in total. The summed E-state index contributed by atoms with van der Waals surface area (Å²) in [5, 5.41) is 12.2. The Labute approximate surface area is 93.7 Å². The number of aliphatic hydroxyl groups is 1. The summed E-state index contributed by atoms with van der Waals surface area (Å²) in [4.78, 5) is 17.8. The van der Waals surface area contributed by atoms with Crippen molar-refractivity contribution < 1.29 is 9.84 Å². The van der Waals surface area contributed by atoms with Gasteiger partial charge in [0, 0.05) is 0 Å². The van der Waals surface area contributed by atoms with Gasteiger partial charge in [0.25, 0.3) is 5.56 Å². The number of aliphatic hydroxyl groups excluding tert-OH is 1. The molecule has 0 saturated heterocycles. The normalized spacial score (nSPS) is 12.6. The number of methoxy groups -OCH3 is 1. The zero-order valence-corrected chi connectivity index (χ0v) is 9.65. The van der Waals surface area contributed by atoms with E-state index < -0.39 is 0 Å². The summed E-state index contributed by atoms with van der Waals surface area (Å²) in [6, 6.07) is -0.164. The minimum Gasteiger partial charge on any atom is -0.489 e. The van der Waals surface area contributed by atoms with Gasteiger partial charge in [-0.2, -0.15) is 0 Å². The quantitative estimate of drug-likeness (QED) is 0.669. The van der Waals surface area contributed by atoms with Crippen molar-refractivity contribution in [2.75, 3.05) is 19.0 Å². The molecule has 1 aromatic heterocycles. The molecule has 0 amide bonds. The van der Waals surface area contributed by atoms with Gasteiger partial charge in [0.15, 0.2) is 5.82 Å². The molecule has 0 aliphatic carbocycles. The topological polar surface area (TPSA) is 87.2 Å². The highest BCUT2D eigenvalue weighted by Crippen LogP contribution is 2.17. The Kier molecular flexibility index (Phi) is 4.30. The molecule has 0 fully saturated rings. The molecule has 1 unspecified atom stereocenters. The van der Waals surface area contributed by atoms with Crippen LogP contribution in [0.1, 0.15) is 13.8 Å². The van der Waals surface area contributed by atoms with E-state index in [1.807, 2.05) is 13.8 Å². The molecule has 0 aliphatic rings. The highest BCUT2D eigenvalue weighted by Gasteiger charge is 2.16. The maximum Gasteiger partial charge on any atom is 0.295 e. The SMILES string of the molecule is COc1c(NC(CO)C(C)C)nc[nH]c1=O. The summed E-state index contributed by atoms with van der Waals surface area (Å²) in [6.45, 7) is 3.90. The molecule has 90 valence electrons. The Morgan fingerprint density at radius 1 is 1.62 bits per heavy atom. The van der Waals surface area contributed by atoms with Crippen LogP contribution in [-0.2, 0) is 0 Å². The predicted molar refractivity (Wildman–Crippen MR) is 60.7 cm³/mol. The fourth-order valence-electron chi connectivity index (χ4n) is 1.28. The van der Waals surface area contributed by atoms with E-state index in [1.165, 1.54) is 13.4 Å². The highest BCUT2D eigenvalue weighted by molar-refractivity contribution is 5.48. The Morgan fingerprint density at radius 2 is 2.31 bits per heavy atom. The second-order valence-corrected chi connectivity index (χ2v) is 3.79. The van der Waals surface area contributed by atoms with Gasteiger partial charge in [0.1, 0.15) is 0 Å². The van der Waals surface area contributed by atoms with Crippen LogP contribution < -0.4 is 15.6 Å². The average Bonchev–Trinajstić information content (AvgIpc) is 2.25. The lowest BCUT2D eigenvalue weighted by Crippen LogP contribution is -2.31. The van der Waals surface area contributed by atoms with Gasteiger partial charge >= 0.3 is 0 Å². The van der Waals surface area contributed by atoms with Crippen molar-refractivity contribution in [3.05, 3.63) is 16.7 Å². The van der Waals surface area contributed by atoms with Gasteiger partial charge < -0.3 is 20.1 Å². The summed E-state index contributed by atoms with van der Waals surface area (Å²) < 4.78 is 4.95. The number of nitrogens with zero attached hydrogens (tertiary/aromatic N) is 1. The third-order valence-electron chi connectivity index (χ3n) is 2.34. The van der Waals surface area contributed by atoms with E-state index in [0.717, 1.165) is 0 Å². The van der Waals surface area contributed by atoms with Crippen LogP contribution in [0.5, 0.6) is 5.75 Å². The molecular weight excluding hydrogens is 210 g/mol. The van der Waals surface area contributed by atoms with E-state index in [-0.39, 0.29) is 29.9 Å². The van der Waals surface area contributed by atoms with Crippen molar-refractivity contribution in [3.8, 4) is 5.75 Å². The molecule has 1 atom stereocenters. The van der Waals surface area contributed by atoms with Crippen molar-refractivity contribution in [2.45, 2.75) is 19.9 Å². The second kappa shape index (κ2) is 5.50. The standard InChI is InChI=1S/C10H17N3O3/c1-6(2)7(4-14)13-9-8(16-3)10(15)12-5-11-9/h5-7,14H,4H2,1-3H3,(H2,11,12,13,15). The zero-order valence-electron chi connectivity index (χ0n) is 9.65. The van der Waals surface area contributed by atoms with Crippen LogP contribution in [0.3, 0.4) is 0 Å². The molecule has 0 spiro atoms. The monoisotopic (exact) mass is 227 g/mol. The smallest absolute Gasteiger partial charge is 0.295 e. The van der Waals surface area contributed by atoms with E-state index in [2.05, 4.69) is 15.3 Å². The molecule has 1 rings (SSSR count). The van der Waals surface area contributed by atoms with Gasteiger partial charge in [-0.3, -0.25) is 4.79 Å². The van der Waals surface area contributed by atoms with Crippen LogP contribution in [0.2, 0.25) is 0 Å². The van der Waals surface area contributed by atoms with Crippen LogP contribution in [0.25, 0.3) is 0 Å². The maximum absolute atomic E-state index is 11.4. The summed E-state index contributed by atoms with van der Waals surface area (Å²) >= 11 is 0. The molecule has 0 aromatic carbocycles. The van der Waals surface area contributed by atoms with Gasteiger partial charge in [0.05, 0.1) is 26.1 Å². The fraction of sp³-hybridized carbons (Fsp3) is 0.600. The minimum absolute atomic E-state index is 0.0324. The minimum atomic E-state index is -0.347. The first-order valence-corrected chi connectivity index (χ1v) is 5.09. The fourth-order valence-corrected chi connectivity index (χ4v) is 1.28. The first-order chi connectivity index (χ1) is 7.60. The Balaban J connectivity index is 2.96. The van der Waals surface area contributed by atoms with Crippen molar-refractivity contribution in [3.63, 3.8) is 0 Å². The van der Waals surface area contributed by atoms with Crippen molar-refractivity contribution >= 4 is 5.82 Å². The summed E-state index contributed by atoms with van der Waals surface area (Å²) in [5.41, 5.74) is -0.347. The highest BCUT2D eigenvalue weighted by atomic mass is 16.5. The largest absolute Gasteiger partial charge is 0.489 e. The molecule has 1 heterocycles. The molecule has 0 bridgehead atoms. The van der Waals surface area contributed by atoms with Gasteiger partial charge in [0.2, 0.25) is 5.75 Å². The summed E-state index contributed by atoms with van der Waals surface area (Å²) in [6.07, 6.45) is 1.29. The van der Waals surface area contributed by atoms with Crippen molar-refractivity contribution in [1.29, 1.82) is 0 Å². The van der Waals surface area contributed by atoms with Crippen molar-refractivity contribution in [2.24, 2.45) is 5.92 Å². The Bertz CT molecular complexity index is 389. The maximum atomic E-state index is 11.4. The number of aromatic nitrogens is 2. The molecule has 6 heteroatoms. The number of aromatic amines is 1. The number of nitrogens with one attached hydrogen (secondary N) is 2. The van der Waals surface area contributed by atoms with Gasteiger partial charge in [-0.05, 0) is 5.92 Å². The van der Waals surface area contributed by atoms with Gasteiger partial charge in [-0.1, -0.05) is 13.8 Å². The van der Waals surface area contributed by atoms with E-state index >= 15 is 0 Å². The summed E-state index contributed by atoms with van der Waals surface area (Å²) in [5.74, 6) is 0.691. The van der Waals surface area contributed by atoms with Crippen LogP contribution in [0.15, 0.2) is 11.1 Å². The molecule has 1 aromatic rings. The Hall–Kier alpha value is -1.56. The lowest BCUT2D eigenvalue weighted by atomic mass is 10.1. The van der Waals surface area contributed by atoms with Crippen LogP contribution in [0, 0.1) is 5.92 Å². The van der Waals surface area contributed by atoms with E-state index in [1.54, 1.807) is 0 Å². The lowest BCUT2D eigenvalue weighted by Gasteiger charge is -2.21. The number of rotatable bonds is 5. The van der Waals surface area contributed by atoms with Crippen molar-refractivity contribution in [1.82, 2.24) is 9.97 Å². The number of hydrogen-bond donors (Lipinski definition) is 3. The average molecular weight is 227 g/mol.